The van der Waals surface area contributed by atoms with E-state index in [2.05, 4.69) is 18.7 Å². The van der Waals surface area contributed by atoms with Crippen LogP contribution in [-0.2, 0) is 63.9 Å². The quantitative estimate of drug-likeness (QED) is 0.0151. The number of esters is 1. The van der Waals surface area contributed by atoms with Gasteiger partial charge in [-0.2, -0.15) is 4.33 Å². The predicted octanol–water partition coefficient (Wildman–Crippen LogP) is 3.79. The fourth-order valence-electron chi connectivity index (χ4n) is 8.53. The normalized spacial score (nSPS) is 12.0. The minimum absolute atomic E-state index is 0. The van der Waals surface area contributed by atoms with Gasteiger partial charge in [-0.25, -0.2) is 43.7 Å². The Morgan fingerprint density at radius 3 is 1.33 bits per heavy atom. The molecule has 0 bridgehead atoms. The molecular weight excluding hydrogens is 1210 g/mol. The fourth-order valence-corrected chi connectivity index (χ4v) is 12.6. The van der Waals surface area contributed by atoms with E-state index in [9.17, 15) is 86.6 Å². The molecule has 0 saturated heterocycles. The van der Waals surface area contributed by atoms with Crippen molar-refractivity contribution in [2.75, 3.05) is 0 Å². The van der Waals surface area contributed by atoms with Crippen molar-refractivity contribution in [1.82, 2.24) is 0 Å². The Morgan fingerprint density at radius 1 is 0.531 bits per heavy atom. The van der Waals surface area contributed by atoms with Gasteiger partial charge in [0.2, 0.25) is 0 Å². The molecule has 0 fully saturated rings. The van der Waals surface area contributed by atoms with Crippen LogP contribution in [0.3, 0.4) is 0 Å². The summed E-state index contributed by atoms with van der Waals surface area (Å²) in [6.45, 7) is 0. The van der Waals surface area contributed by atoms with Gasteiger partial charge in [0.05, 0.1) is 49.2 Å². The maximum Gasteiger partial charge on any atom is 0.488 e. The predicted molar refractivity (Wildman–Crippen MR) is 281 cm³/mol. The molecular formula is C47H27B2ClO25S6-6. The second-order valence-electron chi connectivity index (χ2n) is 16.3. The Morgan fingerprint density at radius 2 is 0.914 bits per heavy atom. The summed E-state index contributed by atoms with van der Waals surface area (Å²) < 4.78 is 168. The van der Waals surface area contributed by atoms with Crippen molar-refractivity contribution in [3.05, 3.63) is 132 Å². The zero-order chi connectivity index (χ0) is 58.4. The Kier molecular flexibility index (Phi) is 18.5. The van der Waals surface area contributed by atoms with Crippen LogP contribution < -0.4 is 26.0 Å². The van der Waals surface area contributed by atoms with E-state index >= 15 is 0 Å². The van der Waals surface area contributed by atoms with Crippen molar-refractivity contribution >= 4 is 177 Å². The van der Waals surface area contributed by atoms with E-state index in [0.29, 0.717) is 36.3 Å². The third kappa shape index (κ3) is 12.8. The first-order valence-electron chi connectivity index (χ1n) is 21.4. The topological polar surface area (TPSA) is 433 Å². The molecule has 34 heteroatoms. The fraction of sp³-hybridized carbons (Fsp3) is 0.0213. The molecule has 3 N–H and O–H groups in total. The molecule has 0 aromatic heterocycles. The minimum atomic E-state index is -5.20. The van der Waals surface area contributed by atoms with E-state index in [1.165, 1.54) is 72.8 Å². The molecule has 0 saturated carbocycles. The van der Waals surface area contributed by atoms with Gasteiger partial charge in [-0.15, -0.1) is 4.33 Å². The average Bonchev–Trinajstić information content (AvgIpc) is 3.44. The summed E-state index contributed by atoms with van der Waals surface area (Å²) >= 11 is 5.84. The molecule has 81 heavy (non-hydrogen) atoms. The monoisotopic (exact) mass is 1240 g/mol. The van der Waals surface area contributed by atoms with Crippen molar-refractivity contribution in [2.24, 2.45) is 0 Å². The van der Waals surface area contributed by atoms with Crippen molar-refractivity contribution in [3.63, 3.8) is 0 Å². The van der Waals surface area contributed by atoms with Gasteiger partial charge in [-0.1, -0.05) is 78.9 Å². The Hall–Kier alpha value is -6.54. The number of carbonyl (C=O) groups excluding carboxylic acids is 2. The molecule has 0 radical (unpaired) electrons. The summed E-state index contributed by atoms with van der Waals surface area (Å²) in [7, 11) is -21.4. The zero-order valence-electron chi connectivity index (χ0n) is 38.9. The number of hydrogen-bond acceptors (Lipinski definition) is 27. The Bertz CT molecular complexity index is 4590. The molecule has 0 heterocycles. The Balaban J connectivity index is 0.000000201. The summed E-state index contributed by atoms with van der Waals surface area (Å²) in [6, 6.07) is 24.8. The average molecular weight is 1240 g/mol. The van der Waals surface area contributed by atoms with Crippen LogP contribution in [0.5, 0.6) is 11.5 Å². The smallest absolute Gasteiger partial charge is 0.488 e. The molecule has 0 aliphatic heterocycles. The van der Waals surface area contributed by atoms with Gasteiger partial charge >= 0.3 is 81.9 Å². The van der Waals surface area contributed by atoms with E-state index in [1.54, 1.807) is 12.1 Å². The van der Waals surface area contributed by atoms with Gasteiger partial charge in [0, 0.05) is 42.1 Å². The summed E-state index contributed by atoms with van der Waals surface area (Å²) in [6.07, 6.45) is 0. The molecule has 0 unspecified atom stereocenters. The third-order valence-corrected chi connectivity index (χ3v) is 16.8. The minimum Gasteiger partial charge on any atom is -0.872 e. The number of benzene rings is 10. The third-order valence-electron chi connectivity index (χ3n) is 11.8. The summed E-state index contributed by atoms with van der Waals surface area (Å²) in [5.41, 5.74) is 0.960. The van der Waals surface area contributed by atoms with Crippen LogP contribution in [0.2, 0.25) is 0 Å². The molecule has 0 amide bonds. The van der Waals surface area contributed by atoms with E-state index in [-0.39, 0.29) is 111 Å². The van der Waals surface area contributed by atoms with Gasteiger partial charge < -0.3 is 43.4 Å². The first-order chi connectivity index (χ1) is 37.6. The summed E-state index contributed by atoms with van der Waals surface area (Å²) in [4.78, 5) is 20.5. The van der Waals surface area contributed by atoms with Crippen LogP contribution in [0.25, 0.3) is 64.6 Å². The second kappa shape index (κ2) is 24.1. The van der Waals surface area contributed by atoms with Crippen LogP contribution in [-0.4, -0.2) is 92.7 Å². The second-order valence-corrected chi connectivity index (χ2v) is 23.5. The van der Waals surface area contributed by atoms with Crippen LogP contribution in [0.1, 0.15) is 28.1 Å². The van der Waals surface area contributed by atoms with E-state index in [1.807, 2.05) is 0 Å². The number of rotatable bonds is 15. The molecule has 10 rings (SSSR count). The van der Waals surface area contributed by atoms with E-state index in [4.69, 9.17) is 21.6 Å². The molecule has 0 aliphatic carbocycles. The molecule has 420 valence electrons. The van der Waals surface area contributed by atoms with Crippen LogP contribution in [0.15, 0.2) is 151 Å². The van der Waals surface area contributed by atoms with Gasteiger partial charge in [0.1, 0.15) is 46.2 Å². The van der Waals surface area contributed by atoms with Crippen molar-refractivity contribution in [2.45, 2.75) is 36.8 Å². The molecule has 10 aromatic rings. The maximum atomic E-state index is 12.9. The van der Waals surface area contributed by atoms with Gasteiger partial charge in [0.15, 0.2) is 0 Å². The van der Waals surface area contributed by atoms with Gasteiger partial charge in [-0.3, -0.25) is 5.04 Å². The molecule has 25 nitrogen and oxygen atoms in total. The van der Waals surface area contributed by atoms with Crippen molar-refractivity contribution in [1.29, 1.82) is 0 Å². The standard InChI is InChI=1S/C23H15BO13S3.C16H10O10S3.C7H4BClO2.CH4/c25-23(11-1-3-12(4-2-11)24(26)27)35-17-9-19(39(29,30)31)15-7-8-16-20(40(32,33)34)10-18(38-37-36-28)14-6-5-13(17)21(15)22(14)16;17-11-5-13(28(19,20)21)9-3-4-10-14(29(22,23)24)6-12(27-26-25-18)8-2-1-7(11)15(9)16(8)10;9-7(10)5-1-3-6(8-11)4-2-5;/h1-10,26-28H,(H,29,30,31)(H,32,33,34);1-6,17-18H,(H,19,20,21)(H,22,23,24);1-4H;1H4/p-6. The molecule has 0 aliphatic rings. The van der Waals surface area contributed by atoms with E-state index < -0.39 is 84.1 Å². The van der Waals surface area contributed by atoms with Gasteiger partial charge in [-0.05, 0) is 74.2 Å². The zero-order valence-corrected chi connectivity index (χ0v) is 44.5. The largest absolute Gasteiger partial charge is 0.872 e. The number of carbonyl (C=O) groups is 2. The Labute approximate surface area is 470 Å². The first kappa shape index (κ1) is 62.1. The maximum absolute atomic E-state index is 12.9. The molecule has 0 atom stereocenters. The SMILES string of the molecule is C.O=Bc1ccc(C(=O)Cl)cc1.O=C(Oc1cc(S(=O)(=O)[O-])c2ccc3c(S(=O)(=O)[O-])cc(SOO[O-])c4ccc1c2c43)c1ccc(B(O)O)cc1.O=S(=O)([O-])c1cc([O-])c2ccc3c(SOOO)cc(S(=O)(=O)[O-])c4ccc1c2c34. The van der Waals surface area contributed by atoms with Crippen LogP contribution in [0.4, 0.5) is 0 Å². The van der Waals surface area contributed by atoms with Crippen LogP contribution in [0, 0.1) is 0 Å². The number of hydrogen-bond donors (Lipinski definition) is 3. The van der Waals surface area contributed by atoms with Crippen LogP contribution >= 0.6 is 35.7 Å². The van der Waals surface area contributed by atoms with Crippen molar-refractivity contribution in [3.8, 4) is 11.5 Å². The van der Waals surface area contributed by atoms with Crippen molar-refractivity contribution < 1.29 is 115 Å². The van der Waals surface area contributed by atoms with E-state index in [0.717, 1.165) is 30.3 Å². The molecule has 10 aromatic carbocycles. The van der Waals surface area contributed by atoms with Gasteiger partial charge in [0.25, 0.3) is 0 Å². The molecule has 0 spiro atoms. The number of halogens is 1. The summed E-state index contributed by atoms with van der Waals surface area (Å²) in [5.74, 6) is -2.14. The first-order valence-corrected chi connectivity index (χ1v) is 28.9. The summed E-state index contributed by atoms with van der Waals surface area (Å²) in [5, 5.41) is 56.3. The number of ether oxygens (including phenoxy) is 1.